The second-order valence-electron chi connectivity index (χ2n) is 4.94. The van der Waals surface area contributed by atoms with Crippen LogP contribution in [-0.4, -0.2) is 12.1 Å². The van der Waals surface area contributed by atoms with Crippen molar-refractivity contribution in [3.63, 3.8) is 0 Å². The van der Waals surface area contributed by atoms with Crippen molar-refractivity contribution in [2.24, 2.45) is 17.3 Å². The normalized spacial score (nSPS) is 31.7. The summed E-state index contributed by atoms with van der Waals surface area (Å²) in [6.07, 6.45) is 5.23. The van der Waals surface area contributed by atoms with Crippen molar-refractivity contribution in [3.8, 4) is 0 Å². The van der Waals surface area contributed by atoms with Gasteiger partial charge in [-0.3, -0.25) is 4.79 Å². The summed E-state index contributed by atoms with van der Waals surface area (Å²) in [4.78, 5) is 23.0. The largest absolute Gasteiger partial charge is 0.302 e. The van der Waals surface area contributed by atoms with Crippen LogP contribution < -0.4 is 0 Å². The highest BCUT2D eigenvalue weighted by atomic mass is 16.1. The Morgan fingerprint density at radius 3 is 2.73 bits per heavy atom. The molecule has 0 aromatic heterocycles. The molecule has 0 amide bonds. The smallest absolute Gasteiger partial charge is 0.146 e. The third-order valence-corrected chi connectivity index (χ3v) is 3.60. The highest BCUT2D eigenvalue weighted by molar-refractivity contribution is 5.98. The molecule has 1 fully saturated rings. The zero-order chi connectivity index (χ0) is 11.5. The Balaban J connectivity index is 2.87. The van der Waals surface area contributed by atoms with Crippen molar-refractivity contribution in [3.05, 3.63) is 12.7 Å². The van der Waals surface area contributed by atoms with Crippen LogP contribution in [0, 0.1) is 17.3 Å². The van der Waals surface area contributed by atoms with Crippen molar-refractivity contribution >= 4 is 12.1 Å². The second kappa shape index (κ2) is 4.73. The van der Waals surface area contributed by atoms with Crippen LogP contribution in [-0.2, 0) is 9.59 Å². The summed E-state index contributed by atoms with van der Waals surface area (Å²) in [5, 5.41) is 0. The monoisotopic (exact) mass is 208 g/mol. The average molecular weight is 208 g/mol. The Labute approximate surface area is 91.7 Å². The third kappa shape index (κ3) is 2.36. The summed E-state index contributed by atoms with van der Waals surface area (Å²) in [7, 11) is 0. The molecule has 0 radical (unpaired) electrons. The fourth-order valence-corrected chi connectivity index (χ4v) is 2.43. The van der Waals surface area contributed by atoms with Gasteiger partial charge in [0.05, 0.1) is 5.41 Å². The van der Waals surface area contributed by atoms with Crippen LogP contribution in [0.25, 0.3) is 0 Å². The van der Waals surface area contributed by atoms with Gasteiger partial charge >= 0.3 is 0 Å². The molecule has 0 aliphatic heterocycles. The Bertz CT molecular complexity index is 268. The lowest BCUT2D eigenvalue weighted by Gasteiger charge is -2.36. The Morgan fingerprint density at radius 2 is 2.27 bits per heavy atom. The molecule has 1 aliphatic carbocycles. The molecule has 0 bridgehead atoms. The van der Waals surface area contributed by atoms with Crippen LogP contribution in [0.2, 0.25) is 0 Å². The molecule has 0 N–H and O–H groups in total. The molecule has 0 saturated heterocycles. The predicted molar refractivity (Wildman–Crippen MR) is 60.5 cm³/mol. The maximum atomic E-state index is 11.8. The lowest BCUT2D eigenvalue weighted by Crippen LogP contribution is -2.40. The first-order valence-electron chi connectivity index (χ1n) is 5.66. The van der Waals surface area contributed by atoms with E-state index < -0.39 is 5.41 Å². The molecule has 84 valence electrons. The van der Waals surface area contributed by atoms with Crippen LogP contribution in [0.3, 0.4) is 0 Å². The molecule has 2 heteroatoms. The number of ketones is 1. The molecule has 0 aromatic rings. The van der Waals surface area contributed by atoms with Gasteiger partial charge in [-0.15, -0.1) is 6.58 Å². The number of carbonyl (C=O) groups is 2. The van der Waals surface area contributed by atoms with Crippen LogP contribution in [0.15, 0.2) is 12.7 Å². The molecule has 0 unspecified atom stereocenters. The number of carbonyl (C=O) groups excluding carboxylic acids is 2. The van der Waals surface area contributed by atoms with Gasteiger partial charge in [0.25, 0.3) is 0 Å². The SMILES string of the molecule is C=CC[C@]1(C=O)C[C@H](C(C)C)CCC1=O. The number of Topliss-reactive ketones (excluding diaryl/α,β-unsaturated/α-hetero) is 1. The minimum absolute atomic E-state index is 0.106. The highest BCUT2D eigenvalue weighted by Crippen LogP contribution is 2.40. The van der Waals surface area contributed by atoms with E-state index in [0.717, 1.165) is 12.7 Å². The molecule has 1 saturated carbocycles. The van der Waals surface area contributed by atoms with E-state index in [1.165, 1.54) is 0 Å². The first-order valence-corrected chi connectivity index (χ1v) is 5.66. The molecule has 0 heterocycles. The lowest BCUT2D eigenvalue weighted by molar-refractivity contribution is -0.139. The quantitative estimate of drug-likeness (QED) is 0.404. The minimum atomic E-state index is -0.755. The molecule has 0 aromatic carbocycles. The van der Waals surface area contributed by atoms with Gasteiger partial charge in [0, 0.05) is 6.42 Å². The zero-order valence-corrected chi connectivity index (χ0v) is 9.66. The van der Waals surface area contributed by atoms with Gasteiger partial charge in [-0.05, 0) is 31.1 Å². The molecule has 1 aliphatic rings. The number of rotatable bonds is 4. The Morgan fingerprint density at radius 1 is 1.60 bits per heavy atom. The van der Waals surface area contributed by atoms with Crippen molar-refractivity contribution in [2.75, 3.05) is 0 Å². The van der Waals surface area contributed by atoms with E-state index in [1.54, 1.807) is 6.08 Å². The van der Waals surface area contributed by atoms with Gasteiger partial charge < -0.3 is 4.79 Å². The van der Waals surface area contributed by atoms with Crippen molar-refractivity contribution in [1.29, 1.82) is 0 Å². The molecule has 15 heavy (non-hydrogen) atoms. The summed E-state index contributed by atoms with van der Waals surface area (Å²) in [5.41, 5.74) is -0.755. The second-order valence-corrected chi connectivity index (χ2v) is 4.94. The van der Waals surface area contributed by atoms with Crippen LogP contribution >= 0.6 is 0 Å². The zero-order valence-electron chi connectivity index (χ0n) is 9.66. The standard InChI is InChI=1S/C13H20O2/c1-4-7-13(9-14)8-11(10(2)3)5-6-12(13)15/h4,9-11H,1,5-8H2,2-3H3/t11-,13-/m1/s1. The van der Waals surface area contributed by atoms with Crippen LogP contribution in [0.5, 0.6) is 0 Å². The number of aldehydes is 1. The number of hydrogen-bond donors (Lipinski definition) is 0. The molecule has 1 rings (SSSR count). The van der Waals surface area contributed by atoms with E-state index in [2.05, 4.69) is 20.4 Å². The summed E-state index contributed by atoms with van der Waals surface area (Å²) in [5.74, 6) is 1.14. The van der Waals surface area contributed by atoms with Gasteiger partial charge in [-0.25, -0.2) is 0 Å². The number of hydrogen-bond acceptors (Lipinski definition) is 2. The maximum Gasteiger partial charge on any atom is 0.146 e. The minimum Gasteiger partial charge on any atom is -0.302 e. The van der Waals surface area contributed by atoms with Crippen molar-refractivity contribution < 1.29 is 9.59 Å². The first-order chi connectivity index (χ1) is 7.05. The molecule has 2 atom stereocenters. The third-order valence-electron chi connectivity index (χ3n) is 3.60. The van der Waals surface area contributed by atoms with Gasteiger partial charge in [0.15, 0.2) is 0 Å². The van der Waals surface area contributed by atoms with E-state index in [4.69, 9.17) is 0 Å². The number of allylic oxidation sites excluding steroid dienone is 1. The van der Waals surface area contributed by atoms with E-state index in [1.807, 2.05) is 0 Å². The summed E-state index contributed by atoms with van der Waals surface area (Å²) in [6, 6.07) is 0. The highest BCUT2D eigenvalue weighted by Gasteiger charge is 2.42. The molecule has 0 spiro atoms. The van der Waals surface area contributed by atoms with Crippen LogP contribution in [0.4, 0.5) is 0 Å². The van der Waals surface area contributed by atoms with E-state index in [-0.39, 0.29) is 5.78 Å². The summed E-state index contributed by atoms with van der Waals surface area (Å²) in [6.45, 7) is 7.95. The maximum absolute atomic E-state index is 11.8. The topological polar surface area (TPSA) is 34.1 Å². The Hall–Kier alpha value is -0.920. The fraction of sp³-hybridized carbons (Fsp3) is 0.692. The molecule has 2 nitrogen and oxygen atoms in total. The summed E-state index contributed by atoms with van der Waals surface area (Å²) < 4.78 is 0. The average Bonchev–Trinajstić information content (AvgIpc) is 2.21. The van der Waals surface area contributed by atoms with E-state index in [0.29, 0.717) is 31.1 Å². The Kier molecular flexibility index (Phi) is 3.83. The van der Waals surface area contributed by atoms with Gasteiger partial charge in [-0.1, -0.05) is 19.9 Å². The fourth-order valence-electron chi connectivity index (χ4n) is 2.43. The first kappa shape index (κ1) is 12.2. The van der Waals surface area contributed by atoms with Crippen molar-refractivity contribution in [1.82, 2.24) is 0 Å². The van der Waals surface area contributed by atoms with Gasteiger partial charge in [-0.2, -0.15) is 0 Å². The van der Waals surface area contributed by atoms with Gasteiger partial charge in [0.2, 0.25) is 0 Å². The summed E-state index contributed by atoms with van der Waals surface area (Å²) >= 11 is 0. The molecular weight excluding hydrogens is 188 g/mol. The van der Waals surface area contributed by atoms with E-state index in [9.17, 15) is 9.59 Å². The van der Waals surface area contributed by atoms with Gasteiger partial charge in [0.1, 0.15) is 12.1 Å². The predicted octanol–water partition coefficient (Wildman–Crippen LogP) is 2.77. The van der Waals surface area contributed by atoms with E-state index >= 15 is 0 Å². The lowest BCUT2D eigenvalue weighted by atomic mass is 9.65. The van der Waals surface area contributed by atoms with Crippen LogP contribution in [0.1, 0.15) is 39.5 Å². The molecular formula is C13H20O2. The van der Waals surface area contributed by atoms with Crippen molar-refractivity contribution in [2.45, 2.75) is 39.5 Å².